The van der Waals surface area contributed by atoms with Crippen molar-refractivity contribution >= 4 is 23.7 Å². The molecule has 0 amide bonds. The number of aryl methyl sites for hydroxylation is 1. The quantitative estimate of drug-likeness (QED) is 0.653. The summed E-state index contributed by atoms with van der Waals surface area (Å²) in [6, 6.07) is 7.50. The first-order valence-corrected chi connectivity index (χ1v) is 6.43. The molecule has 1 aromatic heterocycles. The van der Waals surface area contributed by atoms with Crippen molar-refractivity contribution in [2.45, 2.75) is 20.1 Å². The molecule has 20 heavy (non-hydrogen) atoms. The topological polar surface area (TPSA) is 75.1 Å². The number of aliphatic hydroxyl groups excluding tert-OH is 1. The molecule has 0 saturated carbocycles. The number of aliphatic hydroxyl groups is 1. The first kappa shape index (κ1) is 14.4. The zero-order valence-electron chi connectivity index (χ0n) is 10.9. The molecular formula is C14H14ClN3O2. The predicted octanol–water partition coefficient (Wildman–Crippen LogP) is 2.36. The zero-order chi connectivity index (χ0) is 14.5. The lowest BCUT2D eigenvalue weighted by Crippen LogP contribution is -2.07. The smallest absolute Gasteiger partial charge is 0.156 e. The Balaban J connectivity index is 2.20. The average molecular weight is 292 g/mol. The number of carbonyl (C=O) groups is 1. The number of aromatic nitrogens is 2. The number of rotatable bonds is 5. The second-order valence-corrected chi connectivity index (χ2v) is 4.63. The summed E-state index contributed by atoms with van der Waals surface area (Å²) in [4.78, 5) is 19.1. The van der Waals surface area contributed by atoms with Crippen LogP contribution in [-0.4, -0.2) is 21.4 Å². The molecule has 0 radical (unpaired) electrons. The van der Waals surface area contributed by atoms with Gasteiger partial charge in [0.05, 0.1) is 12.2 Å². The Morgan fingerprint density at radius 3 is 2.80 bits per heavy atom. The van der Waals surface area contributed by atoms with Crippen LogP contribution in [0, 0.1) is 6.92 Å². The second kappa shape index (κ2) is 6.45. The van der Waals surface area contributed by atoms with Crippen LogP contribution in [0.4, 0.5) is 5.82 Å². The number of benzene rings is 1. The van der Waals surface area contributed by atoms with Crippen LogP contribution in [-0.2, 0) is 13.2 Å². The Morgan fingerprint density at radius 2 is 2.10 bits per heavy atom. The van der Waals surface area contributed by atoms with Gasteiger partial charge in [-0.2, -0.15) is 0 Å². The molecule has 0 aliphatic heterocycles. The Hall–Kier alpha value is -1.98. The van der Waals surface area contributed by atoms with E-state index in [1.54, 1.807) is 6.92 Å². The highest BCUT2D eigenvalue weighted by atomic mass is 35.5. The molecule has 104 valence electrons. The number of hydrogen-bond donors (Lipinski definition) is 2. The van der Waals surface area contributed by atoms with Crippen LogP contribution in [0.25, 0.3) is 0 Å². The first-order chi connectivity index (χ1) is 9.63. The summed E-state index contributed by atoms with van der Waals surface area (Å²) in [6.45, 7) is 2.17. The monoisotopic (exact) mass is 291 g/mol. The Bertz CT molecular complexity index is 632. The van der Waals surface area contributed by atoms with E-state index in [1.807, 2.05) is 24.3 Å². The number of hydrogen-bond acceptors (Lipinski definition) is 5. The van der Waals surface area contributed by atoms with E-state index in [9.17, 15) is 4.79 Å². The van der Waals surface area contributed by atoms with Crippen molar-refractivity contribution in [1.82, 2.24) is 9.97 Å². The van der Waals surface area contributed by atoms with E-state index in [0.717, 1.165) is 11.1 Å². The first-order valence-electron chi connectivity index (χ1n) is 6.06. The van der Waals surface area contributed by atoms with Gasteiger partial charge in [-0.05, 0) is 18.1 Å². The van der Waals surface area contributed by atoms with E-state index < -0.39 is 0 Å². The minimum absolute atomic E-state index is 0.00806. The van der Waals surface area contributed by atoms with Crippen molar-refractivity contribution in [3.63, 3.8) is 0 Å². The van der Waals surface area contributed by atoms with Crippen LogP contribution < -0.4 is 5.32 Å². The second-order valence-electron chi connectivity index (χ2n) is 4.27. The SMILES string of the molecule is Cc1nc(Cl)c(C=O)c(NCc2cccc(CO)c2)n1. The third-order valence-corrected chi connectivity index (χ3v) is 3.05. The molecule has 0 bridgehead atoms. The van der Waals surface area contributed by atoms with Crippen LogP contribution in [0.1, 0.15) is 27.3 Å². The van der Waals surface area contributed by atoms with Gasteiger partial charge in [-0.25, -0.2) is 9.97 Å². The Morgan fingerprint density at radius 1 is 1.35 bits per heavy atom. The van der Waals surface area contributed by atoms with Crippen molar-refractivity contribution in [1.29, 1.82) is 0 Å². The zero-order valence-corrected chi connectivity index (χ0v) is 11.7. The Kier molecular flexibility index (Phi) is 4.65. The van der Waals surface area contributed by atoms with E-state index in [2.05, 4.69) is 15.3 Å². The summed E-state index contributed by atoms with van der Waals surface area (Å²) in [7, 11) is 0. The molecule has 2 N–H and O–H groups in total. The molecule has 0 unspecified atom stereocenters. The van der Waals surface area contributed by atoms with Gasteiger partial charge >= 0.3 is 0 Å². The number of nitrogens with zero attached hydrogens (tertiary/aromatic N) is 2. The lowest BCUT2D eigenvalue weighted by atomic mass is 10.1. The third-order valence-electron chi connectivity index (χ3n) is 2.76. The van der Waals surface area contributed by atoms with E-state index >= 15 is 0 Å². The maximum atomic E-state index is 11.0. The average Bonchev–Trinajstić information content (AvgIpc) is 2.45. The highest BCUT2D eigenvalue weighted by Gasteiger charge is 2.10. The molecular weight excluding hydrogens is 278 g/mol. The van der Waals surface area contributed by atoms with Gasteiger partial charge in [0.1, 0.15) is 16.8 Å². The number of carbonyl (C=O) groups excluding carboxylic acids is 1. The largest absolute Gasteiger partial charge is 0.392 e. The lowest BCUT2D eigenvalue weighted by molar-refractivity contribution is 0.112. The van der Waals surface area contributed by atoms with Crippen LogP contribution in [0.15, 0.2) is 24.3 Å². The van der Waals surface area contributed by atoms with E-state index in [0.29, 0.717) is 24.5 Å². The third kappa shape index (κ3) is 3.31. The van der Waals surface area contributed by atoms with Gasteiger partial charge < -0.3 is 10.4 Å². The van der Waals surface area contributed by atoms with Gasteiger partial charge in [-0.3, -0.25) is 4.79 Å². The summed E-state index contributed by atoms with van der Waals surface area (Å²) in [5.41, 5.74) is 2.05. The Labute approximate surface area is 121 Å². The van der Waals surface area contributed by atoms with Gasteiger partial charge in [-0.1, -0.05) is 35.9 Å². The van der Waals surface area contributed by atoms with Gasteiger partial charge in [0.2, 0.25) is 0 Å². The maximum absolute atomic E-state index is 11.0. The molecule has 1 aromatic carbocycles. The fraction of sp³-hybridized carbons (Fsp3) is 0.214. The van der Waals surface area contributed by atoms with Gasteiger partial charge in [0.15, 0.2) is 6.29 Å². The lowest BCUT2D eigenvalue weighted by Gasteiger charge is -2.10. The molecule has 5 nitrogen and oxygen atoms in total. The van der Waals surface area contributed by atoms with Crippen molar-refractivity contribution in [2.75, 3.05) is 5.32 Å². The molecule has 1 heterocycles. The summed E-state index contributed by atoms with van der Waals surface area (Å²) in [5, 5.41) is 12.3. The normalized spacial score (nSPS) is 10.3. The van der Waals surface area contributed by atoms with Crippen LogP contribution in [0.5, 0.6) is 0 Å². The highest BCUT2D eigenvalue weighted by molar-refractivity contribution is 6.32. The molecule has 0 spiro atoms. The summed E-state index contributed by atoms with van der Waals surface area (Å²) in [5.74, 6) is 0.902. The van der Waals surface area contributed by atoms with Crippen LogP contribution in [0.2, 0.25) is 5.15 Å². The van der Waals surface area contributed by atoms with Crippen LogP contribution >= 0.6 is 11.6 Å². The molecule has 0 atom stereocenters. The van der Waals surface area contributed by atoms with Gasteiger partial charge in [0.25, 0.3) is 0 Å². The summed E-state index contributed by atoms with van der Waals surface area (Å²) in [6.07, 6.45) is 0.633. The molecule has 6 heteroatoms. The number of aldehydes is 1. The molecule has 0 aliphatic rings. The number of anilines is 1. The molecule has 2 rings (SSSR count). The van der Waals surface area contributed by atoms with Crippen LogP contribution in [0.3, 0.4) is 0 Å². The molecule has 0 fully saturated rings. The van der Waals surface area contributed by atoms with Crippen molar-refractivity contribution < 1.29 is 9.90 Å². The maximum Gasteiger partial charge on any atom is 0.156 e. The minimum atomic E-state index is -0.00806. The van der Waals surface area contributed by atoms with Gasteiger partial charge in [0, 0.05) is 6.54 Å². The van der Waals surface area contributed by atoms with E-state index in [-0.39, 0.29) is 17.3 Å². The summed E-state index contributed by atoms with van der Waals surface area (Å²) >= 11 is 5.91. The minimum Gasteiger partial charge on any atom is -0.392 e. The highest BCUT2D eigenvalue weighted by Crippen LogP contribution is 2.19. The molecule has 0 aliphatic carbocycles. The fourth-order valence-electron chi connectivity index (χ4n) is 1.81. The van der Waals surface area contributed by atoms with E-state index in [1.165, 1.54) is 0 Å². The molecule has 0 saturated heterocycles. The standard InChI is InChI=1S/C14H14ClN3O2/c1-9-17-13(15)12(8-20)14(18-9)16-6-10-3-2-4-11(5-10)7-19/h2-5,8,19H,6-7H2,1H3,(H,16,17,18). The van der Waals surface area contributed by atoms with Crippen molar-refractivity contribution in [3.05, 3.63) is 51.9 Å². The van der Waals surface area contributed by atoms with E-state index in [4.69, 9.17) is 16.7 Å². The van der Waals surface area contributed by atoms with Gasteiger partial charge in [-0.15, -0.1) is 0 Å². The predicted molar refractivity (Wildman–Crippen MR) is 76.9 cm³/mol. The van der Waals surface area contributed by atoms with Crippen molar-refractivity contribution in [3.8, 4) is 0 Å². The molecule has 2 aromatic rings. The summed E-state index contributed by atoms with van der Waals surface area (Å²) < 4.78 is 0. The fourth-order valence-corrected chi connectivity index (χ4v) is 2.07. The number of halogens is 1. The number of nitrogens with one attached hydrogen (secondary N) is 1. The van der Waals surface area contributed by atoms with Crippen molar-refractivity contribution in [2.24, 2.45) is 0 Å².